The van der Waals surface area contributed by atoms with E-state index in [0.717, 1.165) is 5.69 Å². The van der Waals surface area contributed by atoms with Gasteiger partial charge < -0.3 is 9.84 Å². The zero-order chi connectivity index (χ0) is 12.3. The van der Waals surface area contributed by atoms with Crippen molar-refractivity contribution >= 4 is 5.97 Å². The summed E-state index contributed by atoms with van der Waals surface area (Å²) in [5.74, 6) is -0.504. The molecule has 0 aliphatic carbocycles. The van der Waals surface area contributed by atoms with Crippen LogP contribution in [0.4, 0.5) is 0 Å². The van der Waals surface area contributed by atoms with E-state index in [4.69, 9.17) is 9.84 Å². The van der Waals surface area contributed by atoms with Gasteiger partial charge in [-0.2, -0.15) is 0 Å². The van der Waals surface area contributed by atoms with Gasteiger partial charge in [0.05, 0.1) is 6.10 Å². The molecular weight excluding hydrogens is 206 g/mol. The Labute approximate surface area is 95.3 Å². The number of rotatable bonds is 4. The van der Waals surface area contributed by atoms with E-state index in [-0.39, 0.29) is 17.5 Å². The van der Waals surface area contributed by atoms with Gasteiger partial charge in [-0.25, -0.2) is 9.78 Å². The molecule has 1 atom stereocenters. The van der Waals surface area contributed by atoms with Crippen LogP contribution in [0.15, 0.2) is 12.1 Å². The lowest BCUT2D eigenvalue weighted by molar-refractivity contribution is 0.0685. The zero-order valence-electron chi connectivity index (χ0n) is 10.0. The molecule has 1 aromatic heterocycles. The van der Waals surface area contributed by atoms with Crippen molar-refractivity contribution in [3.63, 3.8) is 0 Å². The number of carbonyl (C=O) groups is 1. The van der Waals surface area contributed by atoms with E-state index < -0.39 is 5.97 Å². The monoisotopic (exact) mass is 223 g/mol. The van der Waals surface area contributed by atoms with Crippen molar-refractivity contribution in [3.8, 4) is 5.88 Å². The molecule has 0 aliphatic rings. The van der Waals surface area contributed by atoms with Crippen LogP contribution in [0.5, 0.6) is 5.88 Å². The lowest BCUT2D eigenvalue weighted by atomic mass is 10.1. The number of carboxylic acid groups (broad SMARTS) is 1. The Morgan fingerprint density at radius 1 is 1.38 bits per heavy atom. The minimum atomic E-state index is -1.02. The van der Waals surface area contributed by atoms with Gasteiger partial charge in [0.2, 0.25) is 5.88 Å². The summed E-state index contributed by atoms with van der Waals surface area (Å²) in [5, 5.41) is 8.99. The molecule has 0 aliphatic heterocycles. The Kier molecular flexibility index (Phi) is 3.88. The van der Waals surface area contributed by atoms with E-state index >= 15 is 0 Å². The number of aryl methyl sites for hydroxylation is 1. The van der Waals surface area contributed by atoms with E-state index in [0.29, 0.717) is 5.92 Å². The highest BCUT2D eigenvalue weighted by molar-refractivity contribution is 5.90. The summed E-state index contributed by atoms with van der Waals surface area (Å²) in [6.07, 6.45) is -0.0626. The van der Waals surface area contributed by atoms with Crippen LogP contribution in [0.1, 0.15) is 36.8 Å². The van der Waals surface area contributed by atoms with E-state index in [1.165, 1.54) is 6.07 Å². The van der Waals surface area contributed by atoms with Gasteiger partial charge in [-0.15, -0.1) is 0 Å². The summed E-state index contributed by atoms with van der Waals surface area (Å²) in [5.41, 5.74) is 0.856. The van der Waals surface area contributed by atoms with E-state index in [2.05, 4.69) is 4.98 Å². The van der Waals surface area contributed by atoms with Crippen LogP contribution in [0.3, 0.4) is 0 Å². The molecule has 0 bridgehead atoms. The lowest BCUT2D eigenvalue weighted by Crippen LogP contribution is -2.21. The topological polar surface area (TPSA) is 59.4 Å². The minimum Gasteiger partial charge on any atom is -0.477 e. The second-order valence-corrected chi connectivity index (χ2v) is 4.18. The second kappa shape index (κ2) is 4.96. The average molecular weight is 223 g/mol. The van der Waals surface area contributed by atoms with Crippen molar-refractivity contribution in [3.05, 3.63) is 23.4 Å². The molecule has 1 unspecified atom stereocenters. The zero-order valence-corrected chi connectivity index (χ0v) is 10.0. The first-order valence-electron chi connectivity index (χ1n) is 5.29. The third-order valence-electron chi connectivity index (χ3n) is 2.47. The molecule has 16 heavy (non-hydrogen) atoms. The van der Waals surface area contributed by atoms with Gasteiger partial charge in [0.15, 0.2) is 0 Å². The van der Waals surface area contributed by atoms with E-state index in [1.807, 2.05) is 20.8 Å². The molecule has 0 amide bonds. The second-order valence-electron chi connectivity index (χ2n) is 4.18. The molecule has 0 saturated heterocycles. The Bertz CT molecular complexity index is 388. The Morgan fingerprint density at radius 2 is 2.00 bits per heavy atom. The predicted molar refractivity (Wildman–Crippen MR) is 60.9 cm³/mol. The van der Waals surface area contributed by atoms with Crippen molar-refractivity contribution in [1.29, 1.82) is 0 Å². The highest BCUT2D eigenvalue weighted by Crippen LogP contribution is 2.19. The number of ether oxygens (including phenoxy) is 1. The summed E-state index contributed by atoms with van der Waals surface area (Å²) in [6.45, 7) is 7.74. The lowest BCUT2D eigenvalue weighted by Gasteiger charge is -2.18. The highest BCUT2D eigenvalue weighted by Gasteiger charge is 2.17. The normalized spacial score (nSPS) is 12.6. The third kappa shape index (κ3) is 2.95. The molecule has 0 aromatic carbocycles. The molecule has 1 rings (SSSR count). The number of aromatic nitrogens is 1. The Morgan fingerprint density at radius 3 is 2.50 bits per heavy atom. The molecule has 4 heteroatoms. The summed E-state index contributed by atoms with van der Waals surface area (Å²) in [6, 6.07) is 3.18. The first-order chi connectivity index (χ1) is 7.41. The number of nitrogens with zero attached hydrogens (tertiary/aromatic N) is 1. The highest BCUT2D eigenvalue weighted by atomic mass is 16.5. The number of pyridine rings is 1. The van der Waals surface area contributed by atoms with Gasteiger partial charge in [0, 0.05) is 5.69 Å². The van der Waals surface area contributed by atoms with Crippen molar-refractivity contribution in [2.45, 2.75) is 33.8 Å². The van der Waals surface area contributed by atoms with Crippen LogP contribution in [0.2, 0.25) is 0 Å². The van der Waals surface area contributed by atoms with E-state index in [9.17, 15) is 4.79 Å². The van der Waals surface area contributed by atoms with Gasteiger partial charge in [-0.1, -0.05) is 13.8 Å². The summed E-state index contributed by atoms with van der Waals surface area (Å²) in [4.78, 5) is 15.1. The fourth-order valence-electron chi connectivity index (χ4n) is 1.10. The van der Waals surface area contributed by atoms with Crippen LogP contribution in [-0.2, 0) is 0 Å². The largest absolute Gasteiger partial charge is 0.477 e. The van der Waals surface area contributed by atoms with Gasteiger partial charge in [0.1, 0.15) is 5.56 Å². The number of hydrogen-bond acceptors (Lipinski definition) is 3. The molecule has 0 fully saturated rings. The Hall–Kier alpha value is -1.58. The fraction of sp³-hybridized carbons (Fsp3) is 0.500. The molecule has 88 valence electrons. The van der Waals surface area contributed by atoms with E-state index in [1.54, 1.807) is 13.0 Å². The fourth-order valence-corrected chi connectivity index (χ4v) is 1.10. The standard InChI is InChI=1S/C12H17NO3/c1-7(2)9(4)16-11-10(12(14)15)6-5-8(3)13-11/h5-7,9H,1-4H3,(H,14,15). The summed E-state index contributed by atoms with van der Waals surface area (Å²) >= 11 is 0. The SMILES string of the molecule is Cc1ccc(C(=O)O)c(OC(C)C(C)C)n1. The molecule has 1 aromatic rings. The van der Waals surface area contributed by atoms with Crippen molar-refractivity contribution in [2.75, 3.05) is 0 Å². The number of carboxylic acids is 1. The number of aromatic carboxylic acids is 1. The molecule has 1 heterocycles. The predicted octanol–water partition coefficient (Wildman–Crippen LogP) is 2.51. The maximum absolute atomic E-state index is 11.0. The Balaban J connectivity index is 3.01. The van der Waals surface area contributed by atoms with Crippen LogP contribution in [-0.4, -0.2) is 22.2 Å². The smallest absolute Gasteiger partial charge is 0.341 e. The van der Waals surface area contributed by atoms with Crippen LogP contribution in [0.25, 0.3) is 0 Å². The molecule has 1 N–H and O–H groups in total. The molecular formula is C12H17NO3. The van der Waals surface area contributed by atoms with Crippen LogP contribution in [0, 0.1) is 12.8 Å². The molecule has 0 spiro atoms. The number of hydrogen-bond donors (Lipinski definition) is 1. The van der Waals surface area contributed by atoms with Gasteiger partial charge in [-0.05, 0) is 31.9 Å². The minimum absolute atomic E-state index is 0.0626. The molecule has 0 saturated carbocycles. The third-order valence-corrected chi connectivity index (χ3v) is 2.47. The first-order valence-corrected chi connectivity index (χ1v) is 5.29. The van der Waals surface area contributed by atoms with Crippen molar-refractivity contribution in [2.24, 2.45) is 5.92 Å². The van der Waals surface area contributed by atoms with Gasteiger partial charge >= 0.3 is 5.97 Å². The quantitative estimate of drug-likeness (QED) is 0.852. The molecule has 4 nitrogen and oxygen atoms in total. The maximum atomic E-state index is 11.0. The van der Waals surface area contributed by atoms with Gasteiger partial charge in [-0.3, -0.25) is 0 Å². The van der Waals surface area contributed by atoms with Crippen molar-refractivity contribution in [1.82, 2.24) is 4.98 Å². The summed E-state index contributed by atoms with van der Waals surface area (Å²) < 4.78 is 5.56. The van der Waals surface area contributed by atoms with Crippen LogP contribution < -0.4 is 4.74 Å². The summed E-state index contributed by atoms with van der Waals surface area (Å²) in [7, 11) is 0. The van der Waals surface area contributed by atoms with Gasteiger partial charge in [0.25, 0.3) is 0 Å². The van der Waals surface area contributed by atoms with Crippen molar-refractivity contribution < 1.29 is 14.6 Å². The maximum Gasteiger partial charge on any atom is 0.341 e. The first kappa shape index (κ1) is 12.5. The van der Waals surface area contributed by atoms with Crippen LogP contribution >= 0.6 is 0 Å². The molecule has 0 radical (unpaired) electrons. The average Bonchev–Trinajstić information content (AvgIpc) is 2.16.